The Morgan fingerprint density at radius 1 is 1.35 bits per heavy atom. The third kappa shape index (κ3) is 3.01. The van der Waals surface area contributed by atoms with Gasteiger partial charge in [-0.05, 0) is 76.5 Å². The van der Waals surface area contributed by atoms with Gasteiger partial charge in [-0.15, -0.1) is 0 Å². The van der Waals surface area contributed by atoms with Gasteiger partial charge in [-0.25, -0.2) is 0 Å². The van der Waals surface area contributed by atoms with E-state index in [1.807, 2.05) is 13.4 Å². The summed E-state index contributed by atoms with van der Waals surface area (Å²) in [7, 11) is 4.09. The van der Waals surface area contributed by atoms with Crippen LogP contribution in [-0.2, 0) is 14.3 Å². The highest BCUT2D eigenvalue weighted by atomic mass is 32.2. The summed E-state index contributed by atoms with van der Waals surface area (Å²) in [6.07, 6.45) is 7.62. The lowest BCUT2D eigenvalue weighted by Gasteiger charge is -2.69. The predicted octanol–water partition coefficient (Wildman–Crippen LogP) is 1.58. The van der Waals surface area contributed by atoms with Gasteiger partial charge >= 0.3 is 5.97 Å². The molecule has 0 aromatic rings. The molecule has 10 atom stereocenters. The molecule has 3 aliphatic carbocycles. The third-order valence-corrected chi connectivity index (χ3v) is 10.3. The van der Waals surface area contributed by atoms with E-state index in [9.17, 15) is 15.0 Å². The zero-order valence-electron chi connectivity index (χ0n) is 19.0. The molecule has 176 valence electrons. The quantitative estimate of drug-likeness (QED) is 0.534. The number of aliphatic carboxylic acids is 1. The Morgan fingerprint density at radius 3 is 2.87 bits per heavy atom. The van der Waals surface area contributed by atoms with E-state index in [0.717, 1.165) is 50.8 Å². The van der Waals surface area contributed by atoms with Crippen LogP contribution in [0.3, 0.4) is 0 Å². The first-order valence-corrected chi connectivity index (χ1v) is 13.4. The molecule has 31 heavy (non-hydrogen) atoms. The van der Waals surface area contributed by atoms with Gasteiger partial charge in [0.2, 0.25) is 0 Å². The normalized spacial score (nSPS) is 49.5. The van der Waals surface area contributed by atoms with Gasteiger partial charge in [0.25, 0.3) is 0 Å². The molecule has 3 N–H and O–H groups in total. The molecule has 2 saturated heterocycles. The molecule has 0 amide bonds. The van der Waals surface area contributed by atoms with Crippen molar-refractivity contribution in [1.82, 2.24) is 10.2 Å². The molecular weight excluding hydrogens is 416 g/mol. The van der Waals surface area contributed by atoms with Crippen LogP contribution >= 0.6 is 11.8 Å². The van der Waals surface area contributed by atoms with Crippen LogP contribution in [0, 0.1) is 17.3 Å². The number of carbonyl (C=O) groups is 1. The highest BCUT2D eigenvalue weighted by molar-refractivity contribution is 7.98. The second-order valence-corrected chi connectivity index (χ2v) is 11.5. The maximum Gasteiger partial charge on any atom is 0.320 e. The molecule has 7 nitrogen and oxygen atoms in total. The second-order valence-electron chi connectivity index (χ2n) is 10.6. The molecule has 2 bridgehead atoms. The molecule has 0 aromatic heterocycles. The monoisotopic (exact) mass is 454 g/mol. The Bertz CT molecular complexity index is 711. The van der Waals surface area contributed by atoms with Crippen LogP contribution in [0.4, 0.5) is 0 Å². The number of carboxylic acid groups (broad SMARTS) is 1. The van der Waals surface area contributed by atoms with E-state index in [1.54, 1.807) is 11.8 Å². The summed E-state index contributed by atoms with van der Waals surface area (Å²) in [5.41, 5.74) is -0.444. The minimum Gasteiger partial charge on any atom is -0.480 e. The van der Waals surface area contributed by atoms with E-state index in [1.165, 1.54) is 0 Å². The Balaban J connectivity index is 1.54. The molecule has 1 spiro atoms. The number of ether oxygens (including phenoxy) is 2. The first-order valence-electron chi connectivity index (χ1n) is 12.0. The van der Waals surface area contributed by atoms with Crippen molar-refractivity contribution in [3.63, 3.8) is 0 Å². The largest absolute Gasteiger partial charge is 0.480 e. The minimum atomic E-state index is -0.784. The van der Waals surface area contributed by atoms with Gasteiger partial charge in [-0.1, -0.05) is 0 Å². The number of rotatable bonds is 7. The minimum absolute atomic E-state index is 0.0214. The van der Waals surface area contributed by atoms with Gasteiger partial charge < -0.3 is 24.6 Å². The van der Waals surface area contributed by atoms with Crippen molar-refractivity contribution in [3.05, 3.63) is 0 Å². The Kier molecular flexibility index (Phi) is 5.88. The van der Waals surface area contributed by atoms with Crippen molar-refractivity contribution in [1.29, 1.82) is 0 Å². The smallest absolute Gasteiger partial charge is 0.320 e. The molecule has 5 fully saturated rings. The van der Waals surface area contributed by atoms with Gasteiger partial charge in [0, 0.05) is 30.5 Å². The lowest BCUT2D eigenvalue weighted by Crippen LogP contribution is -2.78. The predicted molar refractivity (Wildman–Crippen MR) is 119 cm³/mol. The summed E-state index contributed by atoms with van der Waals surface area (Å²) in [5.74, 6) is 0.868. The van der Waals surface area contributed by atoms with Crippen molar-refractivity contribution in [2.24, 2.45) is 17.3 Å². The molecule has 3 saturated carbocycles. The number of aliphatic hydroxyl groups excluding tert-OH is 1. The standard InChI is InChI=1S/C23H38N2O5S/c1-25-10-9-22-18-13-4-5-16(26)19(18)30-20(22)14(24-15(21(27)28)7-11-31-3)6-8-23(22,29-2)17(25)12-13/h13-20,24,26H,4-12H2,1-3H3,(H,27,28)/t13?,14-,15-,16?,17?,18?,19?,20-,22-,23+/m0/s1. The Morgan fingerprint density at radius 2 is 2.16 bits per heavy atom. The van der Waals surface area contributed by atoms with Crippen molar-refractivity contribution in [2.45, 2.75) is 87.0 Å². The van der Waals surface area contributed by atoms with Crippen LogP contribution in [0.25, 0.3) is 0 Å². The number of hydrogen-bond donors (Lipinski definition) is 3. The number of piperidine rings is 1. The molecule has 5 unspecified atom stereocenters. The highest BCUT2D eigenvalue weighted by Gasteiger charge is 2.78. The topological polar surface area (TPSA) is 91.3 Å². The number of methoxy groups -OCH3 is 1. The van der Waals surface area contributed by atoms with Crippen LogP contribution in [0.15, 0.2) is 0 Å². The second kappa shape index (κ2) is 8.13. The third-order valence-electron chi connectivity index (χ3n) is 9.62. The van der Waals surface area contributed by atoms with Crippen molar-refractivity contribution in [3.8, 4) is 0 Å². The van der Waals surface area contributed by atoms with Gasteiger partial charge in [0.15, 0.2) is 0 Å². The zero-order valence-corrected chi connectivity index (χ0v) is 19.8. The molecule has 5 aliphatic rings. The molecule has 2 aliphatic heterocycles. The van der Waals surface area contributed by atoms with E-state index in [4.69, 9.17) is 9.47 Å². The van der Waals surface area contributed by atoms with Gasteiger partial charge in [0.1, 0.15) is 6.04 Å². The number of nitrogens with one attached hydrogen (secondary N) is 1. The Hall–Kier alpha value is -0.380. The average Bonchev–Trinajstić information content (AvgIpc) is 3.11. The lowest BCUT2D eigenvalue weighted by atomic mass is 9.42. The van der Waals surface area contributed by atoms with E-state index in [2.05, 4.69) is 17.3 Å². The van der Waals surface area contributed by atoms with Crippen LogP contribution in [-0.4, -0.2) is 95.8 Å². The van der Waals surface area contributed by atoms with Gasteiger partial charge in [-0.3, -0.25) is 10.1 Å². The zero-order chi connectivity index (χ0) is 22.0. The van der Waals surface area contributed by atoms with Crippen LogP contribution in [0.2, 0.25) is 0 Å². The number of likely N-dealkylation sites (N-methyl/N-ethyl adjacent to an activating group) is 1. The van der Waals surface area contributed by atoms with Crippen molar-refractivity contribution < 1.29 is 24.5 Å². The van der Waals surface area contributed by atoms with Crippen LogP contribution in [0.1, 0.15) is 44.9 Å². The molecular formula is C23H38N2O5S. The number of thioether (sulfide) groups is 1. The summed E-state index contributed by atoms with van der Waals surface area (Å²) in [5, 5.41) is 24.3. The van der Waals surface area contributed by atoms with E-state index in [0.29, 0.717) is 24.3 Å². The molecule has 0 radical (unpaired) electrons. The fourth-order valence-corrected chi connectivity index (χ4v) is 8.97. The summed E-state index contributed by atoms with van der Waals surface area (Å²) >= 11 is 1.68. The fourth-order valence-electron chi connectivity index (χ4n) is 8.50. The summed E-state index contributed by atoms with van der Waals surface area (Å²) in [4.78, 5) is 14.5. The van der Waals surface area contributed by atoms with Crippen molar-refractivity contribution >= 4 is 17.7 Å². The fraction of sp³-hybridized carbons (Fsp3) is 0.957. The average molecular weight is 455 g/mol. The number of carboxylic acids is 1. The lowest BCUT2D eigenvalue weighted by molar-refractivity contribution is -0.269. The van der Waals surface area contributed by atoms with Crippen molar-refractivity contribution in [2.75, 3.05) is 32.7 Å². The molecule has 2 heterocycles. The molecule has 8 heteroatoms. The van der Waals surface area contributed by atoms with Gasteiger partial charge in [0.05, 0.1) is 23.9 Å². The molecule has 5 rings (SSSR count). The van der Waals surface area contributed by atoms with E-state index >= 15 is 0 Å². The first kappa shape index (κ1) is 22.4. The van der Waals surface area contributed by atoms with E-state index in [-0.39, 0.29) is 29.3 Å². The summed E-state index contributed by atoms with van der Waals surface area (Å²) in [6, 6.07) is -0.228. The Labute approximate surface area is 189 Å². The highest BCUT2D eigenvalue weighted by Crippen LogP contribution is 2.70. The molecule has 0 aromatic carbocycles. The number of aliphatic hydroxyl groups is 1. The number of nitrogens with zero attached hydrogens (tertiary/aromatic N) is 1. The number of hydrogen-bond acceptors (Lipinski definition) is 7. The van der Waals surface area contributed by atoms with E-state index < -0.39 is 18.1 Å². The van der Waals surface area contributed by atoms with Gasteiger partial charge in [-0.2, -0.15) is 11.8 Å². The van der Waals surface area contributed by atoms with Crippen LogP contribution in [0.5, 0.6) is 0 Å². The summed E-state index contributed by atoms with van der Waals surface area (Å²) < 4.78 is 13.3. The summed E-state index contributed by atoms with van der Waals surface area (Å²) in [6.45, 7) is 1.00. The number of likely N-dealkylation sites (tertiary alicyclic amines) is 1. The SMILES string of the molecule is CO[C@]12CC[C@H](N[C@@H](CCSC)C(=O)O)[C@@H]3OC4C(O)CCC5CC1N(C)CC[C@]32C54. The van der Waals surface area contributed by atoms with Crippen LogP contribution < -0.4 is 5.32 Å². The maximum absolute atomic E-state index is 12.0. The first-order chi connectivity index (χ1) is 14.9. The maximum atomic E-state index is 12.0.